The van der Waals surface area contributed by atoms with Crippen LogP contribution in [0.15, 0.2) is 35.4 Å². The molecular formula is C14H13N3O4S. The molecule has 1 aromatic heterocycles. The number of thiophene rings is 1. The van der Waals surface area contributed by atoms with Crippen LogP contribution in [-0.4, -0.2) is 24.2 Å². The highest BCUT2D eigenvalue weighted by Crippen LogP contribution is 2.22. The summed E-state index contributed by atoms with van der Waals surface area (Å²) in [7, 11) is 1.53. The van der Waals surface area contributed by atoms with Gasteiger partial charge >= 0.3 is 5.00 Å². The van der Waals surface area contributed by atoms with E-state index in [4.69, 9.17) is 4.74 Å². The number of carbonyl (C=O) groups is 1. The van der Waals surface area contributed by atoms with Gasteiger partial charge < -0.3 is 4.74 Å². The first-order chi connectivity index (χ1) is 10.5. The van der Waals surface area contributed by atoms with Gasteiger partial charge in [0, 0.05) is 11.6 Å². The Morgan fingerprint density at radius 1 is 1.41 bits per heavy atom. The fourth-order valence-corrected chi connectivity index (χ4v) is 2.38. The summed E-state index contributed by atoms with van der Waals surface area (Å²) in [5.41, 5.74) is 3.71. The minimum Gasteiger partial charge on any atom is -0.496 e. The highest BCUT2D eigenvalue weighted by Gasteiger charge is 2.09. The molecule has 1 N–H and O–H groups in total. The number of carbonyl (C=O) groups excluding carboxylic acids is 1. The molecule has 0 fully saturated rings. The minimum atomic E-state index is -0.473. The number of benzene rings is 1. The maximum atomic E-state index is 11.9. The van der Waals surface area contributed by atoms with Crippen LogP contribution in [0.1, 0.15) is 20.8 Å². The molecule has 114 valence electrons. The molecule has 0 saturated carbocycles. The van der Waals surface area contributed by atoms with Crippen LogP contribution in [0, 0.1) is 17.0 Å². The van der Waals surface area contributed by atoms with E-state index >= 15 is 0 Å². The van der Waals surface area contributed by atoms with Gasteiger partial charge in [-0.05, 0) is 30.7 Å². The molecule has 0 aliphatic rings. The number of rotatable bonds is 5. The number of hydrazone groups is 1. The predicted molar refractivity (Wildman–Crippen MR) is 83.8 cm³/mol. The molecule has 8 heteroatoms. The number of methoxy groups -OCH3 is 1. The van der Waals surface area contributed by atoms with Gasteiger partial charge in [-0.2, -0.15) is 5.10 Å². The third kappa shape index (κ3) is 3.67. The quantitative estimate of drug-likeness (QED) is 0.521. The number of nitrogens with one attached hydrogen (secondary N) is 1. The van der Waals surface area contributed by atoms with Crippen molar-refractivity contribution in [2.45, 2.75) is 6.92 Å². The molecule has 0 saturated heterocycles. The van der Waals surface area contributed by atoms with Gasteiger partial charge in [0.2, 0.25) is 0 Å². The van der Waals surface area contributed by atoms with Gasteiger partial charge in [-0.25, -0.2) is 5.43 Å². The summed E-state index contributed by atoms with van der Waals surface area (Å²) < 4.78 is 5.15. The van der Waals surface area contributed by atoms with Crippen molar-refractivity contribution < 1.29 is 14.5 Å². The van der Waals surface area contributed by atoms with Crippen molar-refractivity contribution in [1.82, 2.24) is 5.43 Å². The topological polar surface area (TPSA) is 93.8 Å². The number of amides is 1. The fraction of sp³-hybridized carbons (Fsp3) is 0.143. The normalized spacial score (nSPS) is 10.6. The van der Waals surface area contributed by atoms with Gasteiger partial charge in [0.1, 0.15) is 5.75 Å². The average Bonchev–Trinajstić information content (AvgIpc) is 2.96. The molecule has 1 heterocycles. The van der Waals surface area contributed by atoms with E-state index in [-0.39, 0.29) is 10.9 Å². The first kappa shape index (κ1) is 15.6. The smallest absolute Gasteiger partial charge is 0.324 e. The Balaban J connectivity index is 2.02. The van der Waals surface area contributed by atoms with Crippen molar-refractivity contribution in [2.24, 2.45) is 5.10 Å². The van der Waals surface area contributed by atoms with E-state index in [0.29, 0.717) is 16.2 Å². The maximum absolute atomic E-state index is 11.9. The van der Waals surface area contributed by atoms with E-state index in [2.05, 4.69) is 10.5 Å². The first-order valence-electron chi connectivity index (χ1n) is 6.23. The van der Waals surface area contributed by atoms with Crippen LogP contribution in [0.25, 0.3) is 0 Å². The van der Waals surface area contributed by atoms with Gasteiger partial charge in [-0.15, -0.1) is 0 Å². The van der Waals surface area contributed by atoms with Crippen LogP contribution >= 0.6 is 11.3 Å². The fourth-order valence-electron chi connectivity index (χ4n) is 1.69. The molecule has 0 radical (unpaired) electrons. The Hall–Kier alpha value is -2.74. The number of hydrogen-bond donors (Lipinski definition) is 1. The Morgan fingerprint density at radius 2 is 2.18 bits per heavy atom. The van der Waals surface area contributed by atoms with Crippen LogP contribution in [-0.2, 0) is 0 Å². The summed E-state index contributed by atoms with van der Waals surface area (Å²) in [4.78, 5) is 22.6. The van der Waals surface area contributed by atoms with E-state index in [1.165, 1.54) is 19.4 Å². The van der Waals surface area contributed by atoms with Crippen molar-refractivity contribution in [2.75, 3.05) is 7.11 Å². The molecule has 1 aromatic carbocycles. The van der Waals surface area contributed by atoms with Crippen molar-refractivity contribution in [1.29, 1.82) is 0 Å². The third-order valence-electron chi connectivity index (χ3n) is 2.82. The Kier molecular flexibility index (Phi) is 4.84. The van der Waals surface area contributed by atoms with Crippen molar-refractivity contribution in [3.05, 3.63) is 56.5 Å². The third-order valence-corrected chi connectivity index (χ3v) is 3.79. The standard InChI is InChI=1S/C14H13N3O4S/c1-9-3-4-10(7-12(9)21-2)14(18)16-15-8-11-5-6-13(22-11)17(19)20/h3-8H,1-2H3,(H,16,18)/b15-8+. The number of nitrogens with zero attached hydrogens (tertiary/aromatic N) is 2. The predicted octanol–water partition coefficient (Wildman–Crippen LogP) is 2.74. The Labute approximate surface area is 130 Å². The summed E-state index contributed by atoms with van der Waals surface area (Å²) >= 11 is 0.977. The zero-order valence-electron chi connectivity index (χ0n) is 11.9. The van der Waals surface area contributed by atoms with Crippen molar-refractivity contribution in [3.8, 4) is 5.75 Å². The monoisotopic (exact) mass is 319 g/mol. The zero-order chi connectivity index (χ0) is 16.1. The largest absolute Gasteiger partial charge is 0.496 e. The van der Waals surface area contributed by atoms with E-state index in [1.807, 2.05) is 6.92 Å². The molecule has 0 aliphatic heterocycles. The summed E-state index contributed by atoms with van der Waals surface area (Å²) in [6, 6.07) is 8.01. The molecule has 0 aliphatic carbocycles. The van der Waals surface area contributed by atoms with Gasteiger partial charge in [0.25, 0.3) is 5.91 Å². The second-order valence-corrected chi connectivity index (χ2v) is 5.41. The summed E-state index contributed by atoms with van der Waals surface area (Å²) in [6.45, 7) is 1.88. The molecule has 0 atom stereocenters. The van der Waals surface area contributed by atoms with E-state index in [0.717, 1.165) is 16.9 Å². The van der Waals surface area contributed by atoms with Crippen LogP contribution in [0.4, 0.5) is 5.00 Å². The highest BCUT2D eigenvalue weighted by atomic mass is 32.1. The summed E-state index contributed by atoms with van der Waals surface area (Å²) in [6.07, 6.45) is 1.36. The number of aryl methyl sites for hydroxylation is 1. The molecule has 7 nitrogen and oxygen atoms in total. The SMILES string of the molecule is COc1cc(C(=O)N/N=C/c2ccc([N+](=O)[O-])s2)ccc1C. The summed E-state index contributed by atoms with van der Waals surface area (Å²) in [5, 5.41) is 14.4. The molecule has 22 heavy (non-hydrogen) atoms. The lowest BCUT2D eigenvalue weighted by molar-refractivity contribution is -0.380. The molecule has 0 spiro atoms. The van der Waals surface area contributed by atoms with Crippen LogP contribution in [0.3, 0.4) is 0 Å². The van der Waals surface area contributed by atoms with Gasteiger partial charge in [0.05, 0.1) is 23.1 Å². The van der Waals surface area contributed by atoms with E-state index < -0.39 is 4.92 Å². The maximum Gasteiger partial charge on any atom is 0.324 e. The number of nitro groups is 1. The van der Waals surface area contributed by atoms with Crippen molar-refractivity contribution >= 4 is 28.5 Å². The lowest BCUT2D eigenvalue weighted by atomic mass is 10.1. The lowest BCUT2D eigenvalue weighted by Gasteiger charge is -2.06. The highest BCUT2D eigenvalue weighted by molar-refractivity contribution is 7.16. The Bertz CT molecular complexity index is 739. The Morgan fingerprint density at radius 3 is 2.82 bits per heavy atom. The molecule has 0 unspecified atom stereocenters. The number of hydrogen-bond acceptors (Lipinski definition) is 6. The molecule has 2 aromatic rings. The van der Waals surface area contributed by atoms with Gasteiger partial charge in [-0.3, -0.25) is 14.9 Å². The van der Waals surface area contributed by atoms with Gasteiger partial charge in [-0.1, -0.05) is 17.4 Å². The van der Waals surface area contributed by atoms with Crippen LogP contribution in [0.2, 0.25) is 0 Å². The molecule has 1 amide bonds. The second-order valence-electron chi connectivity index (χ2n) is 4.32. The molecule has 0 bridgehead atoms. The molecule has 2 rings (SSSR count). The van der Waals surface area contributed by atoms with Gasteiger partial charge in [0.15, 0.2) is 0 Å². The van der Waals surface area contributed by atoms with Crippen molar-refractivity contribution in [3.63, 3.8) is 0 Å². The average molecular weight is 319 g/mol. The zero-order valence-corrected chi connectivity index (χ0v) is 12.7. The first-order valence-corrected chi connectivity index (χ1v) is 7.05. The van der Waals surface area contributed by atoms with E-state index in [1.54, 1.807) is 24.3 Å². The second kappa shape index (κ2) is 6.81. The lowest BCUT2D eigenvalue weighted by Crippen LogP contribution is -2.17. The molecular weight excluding hydrogens is 306 g/mol. The summed E-state index contributed by atoms with van der Waals surface area (Å²) in [5.74, 6) is 0.228. The minimum absolute atomic E-state index is 0.0241. The van der Waals surface area contributed by atoms with E-state index in [9.17, 15) is 14.9 Å². The van der Waals surface area contributed by atoms with Crippen LogP contribution < -0.4 is 10.2 Å². The van der Waals surface area contributed by atoms with Crippen LogP contribution in [0.5, 0.6) is 5.75 Å². The number of ether oxygens (including phenoxy) is 1.